The van der Waals surface area contributed by atoms with Crippen LogP contribution in [0, 0.1) is 17.3 Å². The Hall–Kier alpha value is -1.59. The van der Waals surface area contributed by atoms with Crippen LogP contribution in [0.3, 0.4) is 0 Å². The molecular weight excluding hydrogens is 248 g/mol. The lowest BCUT2D eigenvalue weighted by Crippen LogP contribution is -2.33. The Morgan fingerprint density at radius 2 is 1.84 bits per heavy atom. The fourth-order valence-electron chi connectivity index (χ4n) is 2.52. The zero-order chi connectivity index (χ0) is 14.2. The summed E-state index contributed by atoms with van der Waals surface area (Å²) >= 11 is 0. The van der Waals surface area contributed by atoms with Crippen molar-refractivity contribution in [1.29, 1.82) is 0 Å². The Balaban J connectivity index is 1.70. The van der Waals surface area contributed by atoms with Gasteiger partial charge in [0.15, 0.2) is 0 Å². The average Bonchev–Trinajstić information content (AvgIpc) is 3.15. The van der Waals surface area contributed by atoms with Gasteiger partial charge in [-0.1, -0.05) is 13.8 Å². The fourth-order valence-corrected chi connectivity index (χ4v) is 2.52. The summed E-state index contributed by atoms with van der Waals surface area (Å²) < 4.78 is 0. The van der Waals surface area contributed by atoms with Gasteiger partial charge in [-0.2, -0.15) is 0 Å². The second-order valence-electron chi connectivity index (χ2n) is 6.00. The van der Waals surface area contributed by atoms with E-state index in [-0.39, 0.29) is 24.8 Å². The smallest absolute Gasteiger partial charge is 0.307 e. The van der Waals surface area contributed by atoms with Gasteiger partial charge in [0.2, 0.25) is 11.8 Å². The summed E-state index contributed by atoms with van der Waals surface area (Å²) in [7, 11) is 0. The topological polar surface area (TPSA) is 95.5 Å². The molecule has 2 unspecified atom stereocenters. The van der Waals surface area contributed by atoms with Gasteiger partial charge in [-0.05, 0) is 18.3 Å². The molecule has 2 aliphatic carbocycles. The lowest BCUT2D eigenvalue weighted by molar-refractivity contribution is -0.140. The van der Waals surface area contributed by atoms with Crippen molar-refractivity contribution in [1.82, 2.24) is 10.6 Å². The van der Waals surface area contributed by atoms with Gasteiger partial charge in [0.1, 0.15) is 0 Å². The summed E-state index contributed by atoms with van der Waals surface area (Å²) in [6.07, 6.45) is 2.32. The first-order valence-corrected chi connectivity index (χ1v) is 6.64. The average molecular weight is 268 g/mol. The van der Waals surface area contributed by atoms with Gasteiger partial charge in [0.25, 0.3) is 0 Å². The molecule has 0 aromatic rings. The third-order valence-electron chi connectivity index (χ3n) is 3.97. The molecule has 2 saturated carbocycles. The van der Waals surface area contributed by atoms with Crippen LogP contribution >= 0.6 is 0 Å². The van der Waals surface area contributed by atoms with Crippen LogP contribution in [0.15, 0.2) is 0 Å². The Bertz CT molecular complexity index is 415. The van der Waals surface area contributed by atoms with Crippen molar-refractivity contribution in [2.45, 2.75) is 39.2 Å². The van der Waals surface area contributed by atoms with E-state index in [1.54, 1.807) is 13.8 Å². The summed E-state index contributed by atoms with van der Waals surface area (Å²) in [6.45, 7) is 3.81. The van der Waals surface area contributed by atoms with Crippen LogP contribution in [-0.4, -0.2) is 35.5 Å². The van der Waals surface area contributed by atoms with Crippen molar-refractivity contribution in [2.75, 3.05) is 6.54 Å². The summed E-state index contributed by atoms with van der Waals surface area (Å²) in [5.41, 5.74) is -0.494. The summed E-state index contributed by atoms with van der Waals surface area (Å²) in [5.74, 6) is -2.37. The second-order valence-corrected chi connectivity index (χ2v) is 6.00. The second kappa shape index (κ2) is 4.83. The van der Waals surface area contributed by atoms with E-state index in [9.17, 15) is 14.4 Å². The number of hydrogen-bond acceptors (Lipinski definition) is 3. The number of amides is 2. The van der Waals surface area contributed by atoms with Gasteiger partial charge >= 0.3 is 5.97 Å². The molecule has 6 heteroatoms. The Labute approximate surface area is 111 Å². The lowest BCUT2D eigenvalue weighted by atomic mass is 10.1. The normalized spacial score (nSPS) is 27.5. The largest absolute Gasteiger partial charge is 0.481 e. The zero-order valence-electron chi connectivity index (χ0n) is 11.2. The highest BCUT2D eigenvalue weighted by Crippen LogP contribution is 2.58. The summed E-state index contributed by atoms with van der Waals surface area (Å²) in [5, 5.41) is 14.5. The number of carboxylic acids is 1. The number of hydrogen-bond donors (Lipinski definition) is 3. The molecule has 2 amide bonds. The molecule has 19 heavy (non-hydrogen) atoms. The number of nitrogens with one attached hydrogen (secondary N) is 2. The third kappa shape index (κ3) is 3.05. The highest BCUT2D eigenvalue weighted by molar-refractivity contribution is 5.91. The van der Waals surface area contributed by atoms with E-state index < -0.39 is 23.2 Å². The van der Waals surface area contributed by atoms with E-state index in [2.05, 4.69) is 10.6 Å². The van der Waals surface area contributed by atoms with Gasteiger partial charge in [-0.3, -0.25) is 14.4 Å². The minimum absolute atomic E-state index is 0.0624. The first-order chi connectivity index (χ1) is 8.84. The van der Waals surface area contributed by atoms with E-state index in [4.69, 9.17) is 5.11 Å². The first kappa shape index (κ1) is 13.8. The van der Waals surface area contributed by atoms with Crippen molar-refractivity contribution in [3.63, 3.8) is 0 Å². The van der Waals surface area contributed by atoms with Crippen molar-refractivity contribution in [3.05, 3.63) is 0 Å². The van der Waals surface area contributed by atoms with Crippen LogP contribution in [0.5, 0.6) is 0 Å². The maximum Gasteiger partial charge on any atom is 0.307 e. The van der Waals surface area contributed by atoms with Crippen LogP contribution in [0.2, 0.25) is 0 Å². The molecule has 6 nitrogen and oxygen atoms in total. The van der Waals surface area contributed by atoms with Crippen LogP contribution in [-0.2, 0) is 14.4 Å². The number of carbonyl (C=O) groups excluding carboxylic acids is 2. The molecule has 3 N–H and O–H groups in total. The standard InChI is InChI=1S/C13H20N2O4/c1-13(2)9(10(13)12(18)19)11(17)14-6-5-8(16)15-7-3-4-7/h7,9-10H,3-6H2,1-2H3,(H,14,17)(H,15,16)(H,18,19). The van der Waals surface area contributed by atoms with E-state index in [1.165, 1.54) is 0 Å². The molecule has 2 rings (SSSR count). The molecule has 106 valence electrons. The molecule has 0 spiro atoms. The van der Waals surface area contributed by atoms with Gasteiger partial charge in [0.05, 0.1) is 11.8 Å². The van der Waals surface area contributed by atoms with Crippen molar-refractivity contribution in [3.8, 4) is 0 Å². The maximum atomic E-state index is 11.8. The fraction of sp³-hybridized carbons (Fsp3) is 0.769. The van der Waals surface area contributed by atoms with Gasteiger partial charge in [-0.15, -0.1) is 0 Å². The van der Waals surface area contributed by atoms with Crippen LogP contribution in [0.25, 0.3) is 0 Å². The minimum Gasteiger partial charge on any atom is -0.481 e. The molecule has 2 atom stereocenters. The number of carbonyl (C=O) groups is 3. The molecule has 0 bridgehead atoms. The van der Waals surface area contributed by atoms with Gasteiger partial charge in [0, 0.05) is 19.0 Å². The van der Waals surface area contributed by atoms with Crippen LogP contribution in [0.4, 0.5) is 0 Å². The molecule has 0 heterocycles. The van der Waals surface area contributed by atoms with Crippen LogP contribution in [0.1, 0.15) is 33.1 Å². The highest BCUT2D eigenvalue weighted by atomic mass is 16.4. The van der Waals surface area contributed by atoms with Crippen molar-refractivity contribution < 1.29 is 19.5 Å². The predicted molar refractivity (Wildman–Crippen MR) is 67.2 cm³/mol. The van der Waals surface area contributed by atoms with Crippen molar-refractivity contribution in [2.24, 2.45) is 17.3 Å². The molecule has 0 saturated heterocycles. The number of rotatable bonds is 6. The third-order valence-corrected chi connectivity index (χ3v) is 3.97. The Morgan fingerprint density at radius 3 is 2.32 bits per heavy atom. The van der Waals surface area contributed by atoms with Crippen LogP contribution < -0.4 is 10.6 Å². The van der Waals surface area contributed by atoms with Crippen molar-refractivity contribution >= 4 is 17.8 Å². The zero-order valence-corrected chi connectivity index (χ0v) is 11.2. The van der Waals surface area contributed by atoms with Gasteiger partial charge in [-0.25, -0.2) is 0 Å². The summed E-state index contributed by atoms with van der Waals surface area (Å²) in [4.78, 5) is 34.2. The molecule has 0 aliphatic heterocycles. The summed E-state index contributed by atoms with van der Waals surface area (Å²) in [6, 6.07) is 0.321. The molecule has 0 aromatic heterocycles. The molecule has 0 radical (unpaired) electrons. The molecule has 2 aliphatic rings. The molecule has 0 aromatic carbocycles. The van der Waals surface area contributed by atoms with E-state index in [0.29, 0.717) is 6.04 Å². The van der Waals surface area contributed by atoms with E-state index in [1.807, 2.05) is 0 Å². The minimum atomic E-state index is -0.934. The van der Waals surface area contributed by atoms with E-state index >= 15 is 0 Å². The number of aliphatic carboxylic acids is 1. The van der Waals surface area contributed by atoms with E-state index in [0.717, 1.165) is 12.8 Å². The lowest BCUT2D eigenvalue weighted by Gasteiger charge is -2.06. The quantitative estimate of drug-likeness (QED) is 0.638. The monoisotopic (exact) mass is 268 g/mol. The first-order valence-electron chi connectivity index (χ1n) is 6.64. The Morgan fingerprint density at radius 1 is 1.21 bits per heavy atom. The van der Waals surface area contributed by atoms with Gasteiger partial charge < -0.3 is 15.7 Å². The SMILES string of the molecule is CC1(C)C(C(=O)O)C1C(=O)NCCC(=O)NC1CC1. The number of carboxylic acid groups (broad SMARTS) is 1. The maximum absolute atomic E-state index is 11.8. The highest BCUT2D eigenvalue weighted by Gasteiger charge is 2.65. The molecule has 2 fully saturated rings. The predicted octanol–water partition coefficient (Wildman–Crippen LogP) is 0.128. The molecular formula is C13H20N2O4. The Kier molecular flexibility index (Phi) is 3.52.